The van der Waals surface area contributed by atoms with Crippen LogP contribution in [0.3, 0.4) is 0 Å². The SMILES string of the molecule is CCC[C@@H](N)CN(CC)Cc1cnn(CC)c1. The van der Waals surface area contributed by atoms with Crippen LogP contribution in [0, 0.1) is 0 Å². The van der Waals surface area contributed by atoms with Crippen LogP contribution in [0.25, 0.3) is 0 Å². The lowest BCUT2D eigenvalue weighted by Gasteiger charge is -2.23. The summed E-state index contributed by atoms with van der Waals surface area (Å²) in [4.78, 5) is 2.39. The van der Waals surface area contributed by atoms with Crippen LogP contribution in [0.1, 0.15) is 39.2 Å². The van der Waals surface area contributed by atoms with Crippen LogP contribution in [0.5, 0.6) is 0 Å². The molecule has 1 aromatic rings. The van der Waals surface area contributed by atoms with Crippen molar-refractivity contribution in [2.45, 2.75) is 52.7 Å². The Hall–Kier alpha value is -0.870. The van der Waals surface area contributed by atoms with Crippen LogP contribution in [-0.2, 0) is 13.1 Å². The standard InChI is InChI=1S/C13H26N4/c1-4-7-13(14)11-16(5-2)9-12-8-15-17(6-3)10-12/h8,10,13H,4-7,9,11,14H2,1-3H3/t13-/m1/s1. The van der Waals surface area contributed by atoms with E-state index in [0.29, 0.717) is 6.04 Å². The van der Waals surface area contributed by atoms with Gasteiger partial charge < -0.3 is 5.73 Å². The fraction of sp³-hybridized carbons (Fsp3) is 0.769. The molecule has 1 aromatic heterocycles. The zero-order valence-corrected chi connectivity index (χ0v) is 11.4. The molecule has 1 atom stereocenters. The maximum absolute atomic E-state index is 6.08. The van der Waals surface area contributed by atoms with Crippen molar-refractivity contribution in [3.63, 3.8) is 0 Å². The smallest absolute Gasteiger partial charge is 0.0534 e. The molecule has 0 aliphatic rings. The predicted molar refractivity (Wildman–Crippen MR) is 71.7 cm³/mol. The first-order chi connectivity index (χ1) is 8.19. The molecule has 0 bridgehead atoms. The summed E-state index contributed by atoms with van der Waals surface area (Å²) in [6.45, 7) is 10.4. The Balaban J connectivity index is 2.45. The van der Waals surface area contributed by atoms with Crippen LogP contribution in [-0.4, -0.2) is 33.8 Å². The lowest BCUT2D eigenvalue weighted by Crippen LogP contribution is -2.36. The molecule has 0 unspecified atom stereocenters. The molecule has 0 aromatic carbocycles. The molecule has 2 N–H and O–H groups in total. The first-order valence-electron chi connectivity index (χ1n) is 6.68. The highest BCUT2D eigenvalue weighted by molar-refractivity contribution is 5.03. The Kier molecular flexibility index (Phi) is 6.22. The van der Waals surface area contributed by atoms with E-state index in [0.717, 1.165) is 39.0 Å². The highest BCUT2D eigenvalue weighted by atomic mass is 15.3. The normalized spacial score (nSPS) is 13.2. The van der Waals surface area contributed by atoms with Gasteiger partial charge in [-0.05, 0) is 19.9 Å². The van der Waals surface area contributed by atoms with Crippen molar-refractivity contribution < 1.29 is 0 Å². The van der Waals surface area contributed by atoms with Crippen LogP contribution in [0.15, 0.2) is 12.4 Å². The van der Waals surface area contributed by atoms with Crippen LogP contribution in [0.2, 0.25) is 0 Å². The summed E-state index contributed by atoms with van der Waals surface area (Å²) in [6, 6.07) is 0.293. The van der Waals surface area contributed by atoms with Crippen LogP contribution < -0.4 is 5.73 Å². The van der Waals surface area contributed by atoms with E-state index < -0.39 is 0 Å². The van der Waals surface area contributed by atoms with E-state index in [-0.39, 0.29) is 0 Å². The second-order valence-electron chi connectivity index (χ2n) is 4.58. The van der Waals surface area contributed by atoms with Gasteiger partial charge in [-0.3, -0.25) is 9.58 Å². The van der Waals surface area contributed by atoms with Crippen molar-refractivity contribution in [1.29, 1.82) is 0 Å². The molecular weight excluding hydrogens is 212 g/mol. The van der Waals surface area contributed by atoms with Gasteiger partial charge in [0.05, 0.1) is 6.20 Å². The Labute approximate surface area is 105 Å². The highest BCUT2D eigenvalue weighted by Crippen LogP contribution is 2.05. The summed E-state index contributed by atoms with van der Waals surface area (Å²) in [6.07, 6.45) is 6.34. The third kappa shape index (κ3) is 4.88. The largest absolute Gasteiger partial charge is 0.327 e. The Morgan fingerprint density at radius 2 is 2.18 bits per heavy atom. The molecule has 4 nitrogen and oxygen atoms in total. The second-order valence-corrected chi connectivity index (χ2v) is 4.58. The first kappa shape index (κ1) is 14.2. The number of aryl methyl sites for hydroxylation is 1. The van der Waals surface area contributed by atoms with Crippen LogP contribution in [0.4, 0.5) is 0 Å². The van der Waals surface area contributed by atoms with E-state index in [2.05, 4.69) is 37.0 Å². The van der Waals surface area contributed by atoms with Crippen molar-refractivity contribution in [2.75, 3.05) is 13.1 Å². The van der Waals surface area contributed by atoms with E-state index in [4.69, 9.17) is 5.73 Å². The number of hydrogen-bond acceptors (Lipinski definition) is 3. The van der Waals surface area contributed by atoms with Gasteiger partial charge in [-0.1, -0.05) is 20.3 Å². The fourth-order valence-electron chi connectivity index (χ4n) is 2.02. The predicted octanol–water partition coefficient (Wildman–Crippen LogP) is 1.85. The third-order valence-electron chi connectivity index (χ3n) is 3.02. The summed E-state index contributed by atoms with van der Waals surface area (Å²) in [7, 11) is 0. The van der Waals surface area contributed by atoms with Gasteiger partial charge in [-0.25, -0.2) is 0 Å². The number of rotatable bonds is 8. The van der Waals surface area contributed by atoms with Gasteiger partial charge in [0.15, 0.2) is 0 Å². The molecule has 0 aliphatic carbocycles. The average molecular weight is 238 g/mol. The van der Waals surface area contributed by atoms with Gasteiger partial charge >= 0.3 is 0 Å². The third-order valence-corrected chi connectivity index (χ3v) is 3.02. The molecule has 1 rings (SSSR count). The molecule has 4 heteroatoms. The van der Waals surface area contributed by atoms with E-state index >= 15 is 0 Å². The van der Waals surface area contributed by atoms with E-state index in [1.54, 1.807) is 0 Å². The summed E-state index contributed by atoms with van der Waals surface area (Å²) in [5, 5.41) is 4.30. The number of nitrogens with zero attached hydrogens (tertiary/aromatic N) is 3. The molecule has 0 aliphatic heterocycles. The van der Waals surface area contributed by atoms with E-state index in [9.17, 15) is 0 Å². The molecule has 0 saturated carbocycles. The second kappa shape index (κ2) is 7.45. The minimum atomic E-state index is 0.293. The van der Waals surface area contributed by atoms with Gasteiger partial charge in [0.2, 0.25) is 0 Å². The maximum Gasteiger partial charge on any atom is 0.0534 e. The van der Waals surface area contributed by atoms with Crippen LogP contribution >= 0.6 is 0 Å². The van der Waals surface area contributed by atoms with E-state index in [1.807, 2.05) is 10.9 Å². The number of nitrogens with two attached hydrogens (primary N) is 1. The van der Waals surface area contributed by atoms with Gasteiger partial charge in [0.25, 0.3) is 0 Å². The molecular formula is C13H26N4. The fourth-order valence-corrected chi connectivity index (χ4v) is 2.02. The number of hydrogen-bond donors (Lipinski definition) is 1. The van der Waals surface area contributed by atoms with Crippen molar-refractivity contribution in [3.8, 4) is 0 Å². The van der Waals surface area contributed by atoms with Gasteiger partial charge in [0.1, 0.15) is 0 Å². The molecule has 0 saturated heterocycles. The Morgan fingerprint density at radius 1 is 1.41 bits per heavy atom. The molecule has 0 fully saturated rings. The topological polar surface area (TPSA) is 47.1 Å². The van der Waals surface area contributed by atoms with Crippen molar-refractivity contribution in [1.82, 2.24) is 14.7 Å². The van der Waals surface area contributed by atoms with Crippen molar-refractivity contribution in [2.24, 2.45) is 5.73 Å². The van der Waals surface area contributed by atoms with Gasteiger partial charge in [0, 0.05) is 37.4 Å². The lowest BCUT2D eigenvalue weighted by atomic mass is 10.1. The quantitative estimate of drug-likeness (QED) is 0.752. The van der Waals surface area contributed by atoms with E-state index in [1.165, 1.54) is 5.56 Å². The lowest BCUT2D eigenvalue weighted by molar-refractivity contribution is 0.256. The Bertz CT molecular complexity index is 308. The molecule has 98 valence electrons. The van der Waals surface area contributed by atoms with Gasteiger partial charge in [-0.15, -0.1) is 0 Å². The summed E-state index contributed by atoms with van der Waals surface area (Å²) >= 11 is 0. The zero-order valence-electron chi connectivity index (χ0n) is 11.4. The summed E-state index contributed by atoms with van der Waals surface area (Å²) in [5.74, 6) is 0. The monoisotopic (exact) mass is 238 g/mol. The molecule has 0 spiro atoms. The maximum atomic E-state index is 6.08. The number of aromatic nitrogens is 2. The molecule has 0 radical (unpaired) electrons. The molecule has 1 heterocycles. The summed E-state index contributed by atoms with van der Waals surface area (Å²) in [5.41, 5.74) is 7.36. The van der Waals surface area contributed by atoms with Crippen molar-refractivity contribution >= 4 is 0 Å². The minimum absolute atomic E-state index is 0.293. The average Bonchev–Trinajstić information content (AvgIpc) is 2.76. The minimum Gasteiger partial charge on any atom is -0.327 e. The van der Waals surface area contributed by atoms with Crippen molar-refractivity contribution in [3.05, 3.63) is 18.0 Å². The molecule has 0 amide bonds. The summed E-state index contributed by atoms with van der Waals surface area (Å²) < 4.78 is 1.97. The Morgan fingerprint density at radius 3 is 2.71 bits per heavy atom. The highest BCUT2D eigenvalue weighted by Gasteiger charge is 2.09. The number of likely N-dealkylation sites (N-methyl/N-ethyl adjacent to an activating group) is 1. The first-order valence-corrected chi connectivity index (χ1v) is 6.68. The zero-order chi connectivity index (χ0) is 12.7. The molecule has 17 heavy (non-hydrogen) atoms. The van der Waals surface area contributed by atoms with Gasteiger partial charge in [-0.2, -0.15) is 5.10 Å².